The van der Waals surface area contributed by atoms with Gasteiger partial charge in [0.25, 0.3) is 0 Å². The molecule has 0 aliphatic heterocycles. The Morgan fingerprint density at radius 2 is 2.12 bits per heavy atom. The Labute approximate surface area is 98.5 Å². The third-order valence-electron chi connectivity index (χ3n) is 4.28. The maximum Gasteiger partial charge on any atom is 0.0902 e. The summed E-state index contributed by atoms with van der Waals surface area (Å²) in [5, 5.41) is 10.8. The number of hydrogen-bond acceptors (Lipinski definition) is 1. The highest BCUT2D eigenvalue weighted by Gasteiger charge is 2.38. The van der Waals surface area contributed by atoms with Crippen molar-refractivity contribution in [2.24, 2.45) is 5.92 Å². The minimum atomic E-state index is -0.559. The van der Waals surface area contributed by atoms with Crippen molar-refractivity contribution in [3.63, 3.8) is 0 Å². The normalized spacial score (nSPS) is 29.6. The number of aryl methyl sites for hydroxylation is 1. The van der Waals surface area contributed by atoms with Gasteiger partial charge in [0.05, 0.1) is 5.60 Å². The molecule has 1 aliphatic rings. The van der Waals surface area contributed by atoms with Gasteiger partial charge in [0.1, 0.15) is 0 Å². The molecule has 1 heteroatoms. The standard InChI is InChI=1S/C15H22O/c1-4-13-8-9-15(16,10-13)14-7-5-6-11(2)12(14)3/h5-7,13,16H,4,8-10H2,1-3H3. The molecule has 2 rings (SSSR count). The lowest BCUT2D eigenvalue weighted by Gasteiger charge is -2.26. The monoisotopic (exact) mass is 218 g/mol. The van der Waals surface area contributed by atoms with Crippen molar-refractivity contribution < 1.29 is 5.11 Å². The molecule has 88 valence electrons. The first kappa shape index (κ1) is 11.7. The van der Waals surface area contributed by atoms with Crippen LogP contribution in [0.1, 0.15) is 49.3 Å². The van der Waals surface area contributed by atoms with Crippen LogP contribution in [0.25, 0.3) is 0 Å². The van der Waals surface area contributed by atoms with E-state index in [9.17, 15) is 5.11 Å². The van der Waals surface area contributed by atoms with E-state index in [-0.39, 0.29) is 0 Å². The van der Waals surface area contributed by atoms with Gasteiger partial charge in [-0.1, -0.05) is 31.5 Å². The molecule has 1 fully saturated rings. The van der Waals surface area contributed by atoms with Crippen molar-refractivity contribution in [2.45, 2.75) is 52.1 Å². The third-order valence-corrected chi connectivity index (χ3v) is 4.28. The molecule has 2 unspecified atom stereocenters. The van der Waals surface area contributed by atoms with E-state index in [0.717, 1.165) is 18.4 Å². The van der Waals surface area contributed by atoms with Gasteiger partial charge in [-0.25, -0.2) is 0 Å². The van der Waals surface area contributed by atoms with Gasteiger partial charge in [-0.2, -0.15) is 0 Å². The second-order valence-electron chi connectivity index (χ2n) is 5.30. The maximum atomic E-state index is 10.8. The number of benzene rings is 1. The molecule has 0 bridgehead atoms. The molecule has 1 aliphatic carbocycles. The molecule has 0 radical (unpaired) electrons. The molecular weight excluding hydrogens is 196 g/mol. The van der Waals surface area contributed by atoms with Crippen molar-refractivity contribution in [1.29, 1.82) is 0 Å². The molecule has 1 nitrogen and oxygen atoms in total. The summed E-state index contributed by atoms with van der Waals surface area (Å²) in [6.45, 7) is 6.47. The summed E-state index contributed by atoms with van der Waals surface area (Å²) in [7, 11) is 0. The molecule has 1 N–H and O–H groups in total. The van der Waals surface area contributed by atoms with Crippen LogP contribution in [0.15, 0.2) is 18.2 Å². The quantitative estimate of drug-likeness (QED) is 0.802. The van der Waals surface area contributed by atoms with Gasteiger partial charge in [0.15, 0.2) is 0 Å². The van der Waals surface area contributed by atoms with E-state index >= 15 is 0 Å². The predicted octanol–water partition coefficient (Wildman–Crippen LogP) is 3.70. The van der Waals surface area contributed by atoms with Crippen LogP contribution in [0.2, 0.25) is 0 Å². The van der Waals surface area contributed by atoms with E-state index in [0.29, 0.717) is 5.92 Å². The summed E-state index contributed by atoms with van der Waals surface area (Å²) >= 11 is 0. The van der Waals surface area contributed by atoms with Crippen LogP contribution in [0, 0.1) is 19.8 Å². The molecule has 0 saturated heterocycles. The molecule has 1 aromatic carbocycles. The molecule has 16 heavy (non-hydrogen) atoms. The second-order valence-corrected chi connectivity index (χ2v) is 5.30. The second kappa shape index (κ2) is 4.21. The summed E-state index contributed by atoms with van der Waals surface area (Å²) in [6, 6.07) is 6.28. The zero-order valence-corrected chi connectivity index (χ0v) is 10.6. The van der Waals surface area contributed by atoms with Gasteiger partial charge in [0, 0.05) is 0 Å². The van der Waals surface area contributed by atoms with Crippen LogP contribution in [-0.4, -0.2) is 5.11 Å². The zero-order chi connectivity index (χ0) is 11.8. The molecule has 1 saturated carbocycles. The van der Waals surface area contributed by atoms with Gasteiger partial charge in [0.2, 0.25) is 0 Å². The summed E-state index contributed by atoms with van der Waals surface area (Å²) < 4.78 is 0. The number of aliphatic hydroxyl groups is 1. The average molecular weight is 218 g/mol. The first-order valence-electron chi connectivity index (χ1n) is 6.36. The minimum absolute atomic E-state index is 0.559. The van der Waals surface area contributed by atoms with Crippen LogP contribution in [0.4, 0.5) is 0 Å². The van der Waals surface area contributed by atoms with Gasteiger partial charge in [-0.05, 0) is 55.7 Å². The maximum absolute atomic E-state index is 10.8. The predicted molar refractivity (Wildman–Crippen MR) is 67.4 cm³/mol. The highest BCUT2D eigenvalue weighted by atomic mass is 16.3. The van der Waals surface area contributed by atoms with Gasteiger partial charge in [-0.15, -0.1) is 0 Å². The van der Waals surface area contributed by atoms with Crippen molar-refractivity contribution in [3.05, 3.63) is 34.9 Å². The Balaban J connectivity index is 2.34. The summed E-state index contributed by atoms with van der Waals surface area (Å²) in [5.41, 5.74) is 3.15. The highest BCUT2D eigenvalue weighted by Crippen LogP contribution is 2.44. The van der Waals surface area contributed by atoms with Crippen molar-refractivity contribution in [3.8, 4) is 0 Å². The van der Waals surface area contributed by atoms with Crippen LogP contribution < -0.4 is 0 Å². The Kier molecular flexibility index (Phi) is 3.07. The van der Waals surface area contributed by atoms with Crippen LogP contribution in [-0.2, 0) is 5.60 Å². The lowest BCUT2D eigenvalue weighted by molar-refractivity contribution is 0.0391. The minimum Gasteiger partial charge on any atom is -0.385 e. The first-order chi connectivity index (χ1) is 7.57. The van der Waals surface area contributed by atoms with Gasteiger partial charge in [-0.3, -0.25) is 0 Å². The highest BCUT2D eigenvalue weighted by molar-refractivity contribution is 5.37. The Morgan fingerprint density at radius 3 is 2.75 bits per heavy atom. The number of rotatable bonds is 2. The molecule has 2 atom stereocenters. The molecular formula is C15H22O. The first-order valence-corrected chi connectivity index (χ1v) is 6.36. The molecule has 0 heterocycles. The fourth-order valence-electron chi connectivity index (χ4n) is 2.97. The van der Waals surface area contributed by atoms with Gasteiger partial charge >= 0.3 is 0 Å². The van der Waals surface area contributed by atoms with Crippen LogP contribution in [0.5, 0.6) is 0 Å². The lowest BCUT2D eigenvalue weighted by Crippen LogP contribution is -2.23. The molecule has 1 aromatic rings. The van der Waals surface area contributed by atoms with Crippen molar-refractivity contribution in [1.82, 2.24) is 0 Å². The number of hydrogen-bond donors (Lipinski definition) is 1. The van der Waals surface area contributed by atoms with E-state index in [2.05, 4.69) is 39.0 Å². The van der Waals surface area contributed by atoms with Gasteiger partial charge < -0.3 is 5.11 Å². The fraction of sp³-hybridized carbons (Fsp3) is 0.600. The molecule has 0 spiro atoms. The zero-order valence-electron chi connectivity index (χ0n) is 10.6. The summed E-state index contributed by atoms with van der Waals surface area (Å²) in [6.07, 6.45) is 4.22. The largest absolute Gasteiger partial charge is 0.385 e. The van der Waals surface area contributed by atoms with E-state index in [1.165, 1.54) is 24.0 Å². The lowest BCUT2D eigenvalue weighted by atomic mass is 9.86. The summed E-state index contributed by atoms with van der Waals surface area (Å²) in [5.74, 6) is 0.699. The average Bonchev–Trinajstić information content (AvgIpc) is 2.65. The molecule has 0 aromatic heterocycles. The van der Waals surface area contributed by atoms with E-state index in [4.69, 9.17) is 0 Å². The Morgan fingerprint density at radius 1 is 1.38 bits per heavy atom. The Hall–Kier alpha value is -0.820. The third kappa shape index (κ3) is 1.89. The van der Waals surface area contributed by atoms with Crippen LogP contribution in [0.3, 0.4) is 0 Å². The smallest absolute Gasteiger partial charge is 0.0902 e. The SMILES string of the molecule is CCC1CCC(O)(c2cccc(C)c2C)C1. The molecule has 0 amide bonds. The van der Waals surface area contributed by atoms with E-state index < -0.39 is 5.60 Å². The van der Waals surface area contributed by atoms with E-state index in [1.54, 1.807) is 0 Å². The summed E-state index contributed by atoms with van der Waals surface area (Å²) in [4.78, 5) is 0. The van der Waals surface area contributed by atoms with E-state index in [1.807, 2.05) is 0 Å². The Bertz CT molecular complexity index is 383. The van der Waals surface area contributed by atoms with Crippen LogP contribution >= 0.6 is 0 Å². The fourth-order valence-corrected chi connectivity index (χ4v) is 2.97. The van der Waals surface area contributed by atoms with Crippen molar-refractivity contribution >= 4 is 0 Å². The van der Waals surface area contributed by atoms with Crippen molar-refractivity contribution in [2.75, 3.05) is 0 Å². The topological polar surface area (TPSA) is 20.2 Å².